The van der Waals surface area contributed by atoms with E-state index in [0.717, 1.165) is 5.75 Å². The van der Waals surface area contributed by atoms with Crippen molar-refractivity contribution in [1.82, 2.24) is 5.32 Å². The van der Waals surface area contributed by atoms with Gasteiger partial charge in [0.1, 0.15) is 5.75 Å². The van der Waals surface area contributed by atoms with Crippen molar-refractivity contribution in [3.05, 3.63) is 53.1 Å². The maximum absolute atomic E-state index is 5.55. The van der Waals surface area contributed by atoms with Crippen LogP contribution in [0.5, 0.6) is 5.75 Å². The zero-order valence-electron chi connectivity index (χ0n) is 14.5. The first-order chi connectivity index (χ1) is 10.5. The van der Waals surface area contributed by atoms with Crippen molar-refractivity contribution in [2.75, 3.05) is 14.2 Å². The van der Waals surface area contributed by atoms with E-state index in [-0.39, 0.29) is 0 Å². The average Bonchev–Trinajstić information content (AvgIpc) is 2.53. The minimum atomic E-state index is 0.350. The van der Waals surface area contributed by atoms with Crippen molar-refractivity contribution >= 4 is 0 Å². The Bertz CT molecular complexity index is 646. The van der Waals surface area contributed by atoms with Gasteiger partial charge in [0.25, 0.3) is 0 Å². The highest BCUT2D eigenvalue weighted by molar-refractivity contribution is 5.70. The number of nitrogens with one attached hydrogen (secondary N) is 1. The molecule has 0 amide bonds. The summed E-state index contributed by atoms with van der Waals surface area (Å²) in [5.74, 6) is 1.42. The van der Waals surface area contributed by atoms with Crippen LogP contribution >= 0.6 is 0 Å². The predicted octanol–water partition coefficient (Wildman–Crippen LogP) is 5.07. The van der Waals surface area contributed by atoms with Crippen molar-refractivity contribution in [3.8, 4) is 16.9 Å². The van der Waals surface area contributed by atoms with Gasteiger partial charge in [-0.05, 0) is 72.8 Å². The van der Waals surface area contributed by atoms with Gasteiger partial charge in [0.15, 0.2) is 0 Å². The molecular weight excluding hydrogens is 270 g/mol. The summed E-state index contributed by atoms with van der Waals surface area (Å²) in [6.07, 6.45) is 0. The standard InChI is InChI=1S/C20H27NO/c1-13(2)18-12-19(14(3)10-20(18)22-6)17-9-7-8-16(11-17)15(4)21-5/h7-13,15,21H,1-6H3. The van der Waals surface area contributed by atoms with E-state index in [2.05, 4.69) is 69.4 Å². The highest BCUT2D eigenvalue weighted by atomic mass is 16.5. The molecule has 0 aliphatic carbocycles. The van der Waals surface area contributed by atoms with E-state index in [1.165, 1.54) is 27.8 Å². The molecule has 0 spiro atoms. The Labute approximate surface area is 134 Å². The zero-order chi connectivity index (χ0) is 16.3. The third-order valence-corrected chi connectivity index (χ3v) is 4.33. The van der Waals surface area contributed by atoms with Crippen LogP contribution in [0.4, 0.5) is 0 Å². The van der Waals surface area contributed by atoms with E-state index in [0.29, 0.717) is 12.0 Å². The van der Waals surface area contributed by atoms with Crippen molar-refractivity contribution in [2.45, 2.75) is 39.7 Å². The lowest BCUT2D eigenvalue weighted by atomic mass is 9.91. The smallest absolute Gasteiger partial charge is 0.122 e. The van der Waals surface area contributed by atoms with Crippen molar-refractivity contribution in [2.24, 2.45) is 0 Å². The highest BCUT2D eigenvalue weighted by Crippen LogP contribution is 2.35. The van der Waals surface area contributed by atoms with E-state index in [4.69, 9.17) is 4.74 Å². The second kappa shape index (κ2) is 6.97. The Morgan fingerprint density at radius 1 is 1.05 bits per heavy atom. The molecule has 1 atom stereocenters. The molecule has 118 valence electrons. The fourth-order valence-electron chi connectivity index (χ4n) is 2.78. The van der Waals surface area contributed by atoms with E-state index >= 15 is 0 Å². The van der Waals surface area contributed by atoms with Crippen molar-refractivity contribution in [1.29, 1.82) is 0 Å². The molecule has 0 heterocycles. The van der Waals surface area contributed by atoms with Gasteiger partial charge in [0, 0.05) is 6.04 Å². The van der Waals surface area contributed by atoms with Crippen molar-refractivity contribution < 1.29 is 4.74 Å². The summed E-state index contributed by atoms with van der Waals surface area (Å²) in [4.78, 5) is 0. The number of ether oxygens (including phenoxy) is 1. The number of hydrogen-bond acceptors (Lipinski definition) is 2. The Kier molecular flexibility index (Phi) is 5.25. The molecule has 1 unspecified atom stereocenters. The van der Waals surface area contributed by atoms with Crippen LogP contribution in [0.25, 0.3) is 11.1 Å². The molecule has 2 aromatic rings. The predicted molar refractivity (Wildman–Crippen MR) is 94.7 cm³/mol. The molecule has 0 saturated heterocycles. The minimum absolute atomic E-state index is 0.350. The minimum Gasteiger partial charge on any atom is -0.496 e. The maximum atomic E-state index is 5.55. The Balaban J connectivity index is 2.55. The maximum Gasteiger partial charge on any atom is 0.122 e. The second-order valence-electron chi connectivity index (χ2n) is 6.20. The van der Waals surface area contributed by atoms with Crippen LogP contribution in [0, 0.1) is 6.92 Å². The zero-order valence-corrected chi connectivity index (χ0v) is 14.5. The second-order valence-corrected chi connectivity index (χ2v) is 6.20. The van der Waals surface area contributed by atoms with Crippen LogP contribution in [0.3, 0.4) is 0 Å². The van der Waals surface area contributed by atoms with Gasteiger partial charge in [-0.15, -0.1) is 0 Å². The van der Waals surface area contributed by atoms with Crippen LogP contribution in [0.15, 0.2) is 36.4 Å². The molecule has 0 fully saturated rings. The van der Waals surface area contributed by atoms with Gasteiger partial charge in [0.2, 0.25) is 0 Å². The van der Waals surface area contributed by atoms with Crippen LogP contribution < -0.4 is 10.1 Å². The van der Waals surface area contributed by atoms with Crippen LogP contribution in [0.1, 0.15) is 49.4 Å². The van der Waals surface area contributed by atoms with Crippen LogP contribution in [-0.4, -0.2) is 14.2 Å². The first kappa shape index (κ1) is 16.6. The normalized spacial score (nSPS) is 12.5. The summed E-state index contributed by atoms with van der Waals surface area (Å²) in [6, 6.07) is 13.6. The number of aryl methyl sites for hydroxylation is 1. The van der Waals surface area contributed by atoms with Gasteiger partial charge >= 0.3 is 0 Å². The molecule has 0 saturated carbocycles. The van der Waals surface area contributed by atoms with Crippen LogP contribution in [0.2, 0.25) is 0 Å². The Morgan fingerprint density at radius 3 is 2.36 bits per heavy atom. The van der Waals surface area contributed by atoms with Gasteiger partial charge in [-0.25, -0.2) is 0 Å². The summed E-state index contributed by atoms with van der Waals surface area (Å²) >= 11 is 0. The number of benzene rings is 2. The average molecular weight is 297 g/mol. The van der Waals surface area contributed by atoms with E-state index in [1.807, 2.05) is 7.05 Å². The third kappa shape index (κ3) is 3.33. The number of hydrogen-bond donors (Lipinski definition) is 1. The summed E-state index contributed by atoms with van der Waals surface area (Å²) in [6.45, 7) is 8.74. The molecule has 0 aliphatic rings. The van der Waals surface area contributed by atoms with Gasteiger partial charge < -0.3 is 10.1 Å². The number of rotatable bonds is 5. The quantitative estimate of drug-likeness (QED) is 0.831. The first-order valence-corrected chi connectivity index (χ1v) is 7.94. The van der Waals surface area contributed by atoms with Gasteiger partial charge in [-0.1, -0.05) is 32.0 Å². The van der Waals surface area contributed by atoms with E-state index in [1.54, 1.807) is 7.11 Å². The lowest BCUT2D eigenvalue weighted by Gasteiger charge is -2.17. The molecule has 2 heteroatoms. The molecule has 0 bridgehead atoms. The topological polar surface area (TPSA) is 21.3 Å². The van der Waals surface area contributed by atoms with Crippen molar-refractivity contribution in [3.63, 3.8) is 0 Å². The summed E-state index contributed by atoms with van der Waals surface area (Å²) in [5, 5.41) is 3.30. The molecule has 2 nitrogen and oxygen atoms in total. The molecule has 0 aliphatic heterocycles. The molecule has 2 aromatic carbocycles. The summed E-state index contributed by atoms with van der Waals surface area (Å²) in [5.41, 5.74) is 6.36. The van der Waals surface area contributed by atoms with E-state index < -0.39 is 0 Å². The summed E-state index contributed by atoms with van der Waals surface area (Å²) < 4.78 is 5.55. The molecular formula is C20H27NO. The molecule has 22 heavy (non-hydrogen) atoms. The molecule has 0 radical (unpaired) electrons. The molecule has 1 N–H and O–H groups in total. The first-order valence-electron chi connectivity index (χ1n) is 7.94. The molecule has 0 aromatic heterocycles. The SMILES string of the molecule is CNC(C)c1cccc(-c2cc(C(C)C)c(OC)cc2C)c1. The van der Waals surface area contributed by atoms with Gasteiger partial charge in [-0.3, -0.25) is 0 Å². The van der Waals surface area contributed by atoms with Gasteiger partial charge in [-0.2, -0.15) is 0 Å². The largest absolute Gasteiger partial charge is 0.496 e. The monoisotopic (exact) mass is 297 g/mol. The third-order valence-electron chi connectivity index (χ3n) is 4.33. The van der Waals surface area contributed by atoms with Gasteiger partial charge in [0.05, 0.1) is 7.11 Å². The Morgan fingerprint density at radius 2 is 1.77 bits per heavy atom. The van der Waals surface area contributed by atoms with E-state index in [9.17, 15) is 0 Å². The summed E-state index contributed by atoms with van der Waals surface area (Å²) in [7, 11) is 3.74. The van der Waals surface area contributed by atoms with Crippen LogP contribution in [-0.2, 0) is 0 Å². The fraction of sp³-hybridized carbons (Fsp3) is 0.400. The molecule has 2 rings (SSSR count). The lowest BCUT2D eigenvalue weighted by Crippen LogP contribution is -2.12. The number of methoxy groups -OCH3 is 1. The fourth-order valence-corrected chi connectivity index (χ4v) is 2.78. The highest BCUT2D eigenvalue weighted by Gasteiger charge is 2.13. The lowest BCUT2D eigenvalue weighted by molar-refractivity contribution is 0.407. The Hall–Kier alpha value is -1.80.